The van der Waals surface area contributed by atoms with E-state index in [9.17, 15) is 9.18 Å². The monoisotopic (exact) mass is 293 g/mol. The van der Waals surface area contributed by atoms with Gasteiger partial charge in [0.1, 0.15) is 12.4 Å². The molecule has 3 aromatic rings. The number of aromatic amines is 1. The van der Waals surface area contributed by atoms with E-state index in [4.69, 9.17) is 6.15 Å². The maximum absolute atomic E-state index is 14.0. The number of hydrogen-bond acceptors (Lipinski definition) is 6. The van der Waals surface area contributed by atoms with Crippen LogP contribution < -0.4 is 10.4 Å². The van der Waals surface area contributed by atoms with E-state index in [0.29, 0.717) is 0 Å². The van der Waals surface area contributed by atoms with Gasteiger partial charge in [-0.1, -0.05) is 0 Å². The molecule has 21 heavy (non-hydrogen) atoms. The van der Waals surface area contributed by atoms with Gasteiger partial charge in [0, 0.05) is 19.3 Å². The van der Waals surface area contributed by atoms with Gasteiger partial charge in [-0.3, -0.25) is 10.1 Å². The third-order valence-electron chi connectivity index (χ3n) is 2.74. The van der Waals surface area contributed by atoms with Crippen LogP contribution in [0.25, 0.3) is 5.69 Å². The van der Waals surface area contributed by atoms with Gasteiger partial charge in [-0.2, -0.15) is 9.36 Å². The van der Waals surface area contributed by atoms with Crippen LogP contribution in [0.15, 0.2) is 29.5 Å². The van der Waals surface area contributed by atoms with Gasteiger partial charge >= 0.3 is 5.69 Å². The fraction of sp³-hybridized carbons (Fsp3) is 0.182. The quantitative estimate of drug-likeness (QED) is 0.714. The molecule has 0 saturated carbocycles. The second kappa shape index (κ2) is 5.15. The van der Waals surface area contributed by atoms with Gasteiger partial charge in [-0.05, 0) is 10.4 Å². The third-order valence-corrected chi connectivity index (χ3v) is 2.74. The lowest BCUT2D eigenvalue weighted by Crippen LogP contribution is -2.23. The summed E-state index contributed by atoms with van der Waals surface area (Å²) in [6.07, 6.45) is 3.67. The van der Waals surface area contributed by atoms with Gasteiger partial charge in [0.2, 0.25) is 5.88 Å². The highest BCUT2D eigenvalue weighted by Crippen LogP contribution is 2.17. The lowest BCUT2D eigenvalue weighted by atomic mass is 10.2. The number of pyridine rings is 1. The number of rotatable bonds is 4. The Labute approximate surface area is 118 Å². The summed E-state index contributed by atoms with van der Waals surface area (Å²) in [5, 5.41) is 11.7. The first kappa shape index (κ1) is 11.8. The molecule has 0 amide bonds. The number of tetrazole rings is 1. The highest BCUT2D eigenvalue weighted by molar-refractivity contribution is 5.37. The van der Waals surface area contributed by atoms with Crippen molar-refractivity contribution < 1.29 is 10.5 Å². The van der Waals surface area contributed by atoms with Crippen molar-refractivity contribution in [1.82, 2.24) is 35.0 Å². The molecule has 0 fully saturated rings. The normalized spacial score (nSPS) is 11.4. The summed E-state index contributed by atoms with van der Waals surface area (Å²) in [6, 6.07) is 1.46. The first-order valence-corrected chi connectivity index (χ1v) is 5.86. The molecule has 3 aromatic heterocycles. The minimum Gasteiger partial charge on any atom is -0.472 e. The molecule has 0 aromatic carbocycles. The molecule has 0 saturated heterocycles. The van der Waals surface area contributed by atoms with Crippen LogP contribution in [0.4, 0.5) is 4.39 Å². The SMILES string of the molecule is [3H]n1ccc(OCc2c(F)cncc2-n2nnn(C)c2=O)n1. The number of nitrogens with zero attached hydrogens (tertiary/aromatic N) is 6. The summed E-state index contributed by atoms with van der Waals surface area (Å²) in [5.74, 6) is -0.496. The molecule has 9 nitrogen and oxygen atoms in total. The lowest BCUT2D eigenvalue weighted by molar-refractivity contribution is 0.286. The zero-order valence-electron chi connectivity index (χ0n) is 11.8. The van der Waals surface area contributed by atoms with E-state index >= 15 is 0 Å². The van der Waals surface area contributed by atoms with E-state index < -0.39 is 11.5 Å². The van der Waals surface area contributed by atoms with Crippen molar-refractivity contribution in [1.29, 1.82) is 0 Å². The number of aryl methyl sites for hydroxylation is 1. The van der Waals surface area contributed by atoms with E-state index in [1.54, 1.807) is 0 Å². The standard InChI is InChI=1S/C11H10FN7O2/c1-18-11(20)19(17-16-18)9-5-13-4-8(12)7(9)6-21-10-2-3-14-15-10/h2-5H,6H2,1H3,(H,14,15)/i/hT. The Kier molecular flexibility index (Phi) is 2.88. The Bertz CT molecular complexity index is 871. The average molecular weight is 293 g/mol. The summed E-state index contributed by atoms with van der Waals surface area (Å²) in [6.45, 7) is -0.205. The summed E-state index contributed by atoms with van der Waals surface area (Å²) in [4.78, 5) is 15.6. The summed E-state index contributed by atoms with van der Waals surface area (Å²) < 4.78 is 28.5. The zero-order valence-corrected chi connectivity index (χ0v) is 10.8. The molecule has 0 unspecified atom stereocenters. The maximum atomic E-state index is 14.0. The van der Waals surface area contributed by atoms with E-state index in [1.165, 1.54) is 25.5 Å². The van der Waals surface area contributed by atoms with Gasteiger partial charge in [0.25, 0.3) is 0 Å². The molecule has 3 rings (SSSR count). The predicted molar refractivity (Wildman–Crippen MR) is 67.3 cm³/mol. The first-order chi connectivity index (χ1) is 10.6. The van der Waals surface area contributed by atoms with Crippen molar-refractivity contribution in [3.05, 3.63) is 46.5 Å². The molecule has 108 valence electrons. The molecule has 0 radical (unpaired) electrons. The molecule has 3 heterocycles. The molecular formula is C11H10FN7O2. The van der Waals surface area contributed by atoms with Crippen molar-refractivity contribution >= 4 is 0 Å². The zero-order chi connectivity index (χ0) is 15.7. The number of aromatic nitrogens is 7. The van der Waals surface area contributed by atoms with Crippen LogP contribution in [0.3, 0.4) is 0 Å². The third kappa shape index (κ3) is 2.38. The number of hydrogen-bond donors (Lipinski definition) is 1. The summed E-state index contributed by atoms with van der Waals surface area (Å²) in [5.41, 5.74) is -0.329. The van der Waals surface area contributed by atoms with Crippen LogP contribution in [0, 0.1) is 5.82 Å². The number of nitrogens with one attached hydrogen (secondary N) is 1. The molecule has 0 atom stereocenters. The van der Waals surface area contributed by atoms with Crippen molar-refractivity contribution in [3.63, 3.8) is 0 Å². The average Bonchev–Trinajstić information content (AvgIpc) is 3.05. The van der Waals surface area contributed by atoms with Gasteiger partial charge in [0.15, 0.2) is 1.41 Å². The second-order valence-corrected chi connectivity index (χ2v) is 4.07. The molecule has 0 bridgehead atoms. The number of halogens is 1. The lowest BCUT2D eigenvalue weighted by Gasteiger charge is -2.08. The van der Waals surface area contributed by atoms with Crippen molar-refractivity contribution in [2.45, 2.75) is 6.61 Å². The van der Waals surface area contributed by atoms with E-state index in [2.05, 4.69) is 20.5 Å². The van der Waals surface area contributed by atoms with Crippen LogP contribution in [0.1, 0.15) is 5.56 Å². The van der Waals surface area contributed by atoms with E-state index in [0.717, 1.165) is 20.7 Å². The summed E-state index contributed by atoms with van der Waals surface area (Å²) in [7, 11) is 1.43. The molecule has 0 spiro atoms. The van der Waals surface area contributed by atoms with Crippen LogP contribution in [0.5, 0.6) is 5.88 Å². The molecule has 0 aliphatic rings. The molecular weight excluding hydrogens is 281 g/mol. The number of H-pyrrole nitrogens is 1. The van der Waals surface area contributed by atoms with Crippen LogP contribution in [0.2, 0.25) is 1.41 Å². The van der Waals surface area contributed by atoms with Crippen LogP contribution >= 0.6 is 0 Å². The summed E-state index contributed by atoms with van der Waals surface area (Å²) >= 11 is 0. The molecule has 10 heteroatoms. The first-order valence-electron chi connectivity index (χ1n) is 6.30. The van der Waals surface area contributed by atoms with E-state index in [-0.39, 0.29) is 23.7 Å². The Hall–Kier alpha value is -3.04. The van der Waals surface area contributed by atoms with Crippen molar-refractivity contribution in [2.75, 3.05) is 0 Å². The van der Waals surface area contributed by atoms with Crippen LogP contribution in [-0.4, -0.2) is 35.0 Å². The highest BCUT2D eigenvalue weighted by atomic mass is 19.1. The smallest absolute Gasteiger partial charge is 0.368 e. The number of ether oxygens (including phenoxy) is 1. The fourth-order valence-electron chi connectivity index (χ4n) is 1.69. The Morgan fingerprint density at radius 1 is 1.48 bits per heavy atom. The van der Waals surface area contributed by atoms with Crippen molar-refractivity contribution in [3.8, 4) is 11.6 Å². The van der Waals surface area contributed by atoms with Crippen LogP contribution in [-0.2, 0) is 13.7 Å². The second-order valence-electron chi connectivity index (χ2n) is 4.07. The minimum atomic E-state index is -0.652. The van der Waals surface area contributed by atoms with Gasteiger partial charge < -0.3 is 4.74 Å². The Morgan fingerprint density at radius 2 is 2.33 bits per heavy atom. The largest absolute Gasteiger partial charge is 0.472 e. The molecule has 0 aliphatic carbocycles. The van der Waals surface area contributed by atoms with Gasteiger partial charge in [-0.25, -0.2) is 9.18 Å². The Balaban J connectivity index is 1.96. The molecule has 0 aliphatic heterocycles. The van der Waals surface area contributed by atoms with E-state index in [1.807, 2.05) is 0 Å². The Morgan fingerprint density at radius 3 is 3.00 bits per heavy atom. The topological polar surface area (TPSA) is 104 Å². The fourth-order valence-corrected chi connectivity index (χ4v) is 1.69. The van der Waals surface area contributed by atoms with Gasteiger partial charge in [0.05, 0.1) is 23.6 Å². The predicted octanol–water partition coefficient (Wildman–Crippen LogP) is -0.198. The minimum absolute atomic E-state index is 0.0807. The van der Waals surface area contributed by atoms with Gasteiger partial charge in [-0.15, -0.1) is 5.10 Å². The van der Waals surface area contributed by atoms with Crippen molar-refractivity contribution in [2.24, 2.45) is 7.05 Å². The highest BCUT2D eigenvalue weighted by Gasteiger charge is 2.16. The maximum Gasteiger partial charge on any atom is 0.368 e. The molecule has 1 N–H and O–H groups in total.